The molecule has 120 valence electrons. The van der Waals surface area contributed by atoms with Crippen LogP contribution >= 0.6 is 11.8 Å². The van der Waals surface area contributed by atoms with Gasteiger partial charge in [0.05, 0.1) is 0 Å². The van der Waals surface area contributed by atoms with E-state index in [-0.39, 0.29) is 5.82 Å². The number of piperazine rings is 1. The van der Waals surface area contributed by atoms with E-state index in [0.717, 1.165) is 37.6 Å². The van der Waals surface area contributed by atoms with Crippen LogP contribution in [-0.2, 0) is 4.79 Å². The van der Waals surface area contributed by atoms with E-state index >= 15 is 0 Å². The Morgan fingerprint density at radius 2 is 1.91 bits per heavy atom. The van der Waals surface area contributed by atoms with E-state index in [2.05, 4.69) is 4.90 Å². The number of benzene rings is 1. The quantitative estimate of drug-likeness (QED) is 0.855. The SMILES string of the molecule is O=C(CC1CCCSC1)N1CCN(c2ccc(F)cc2)CC1. The normalized spacial score (nSPS) is 22.7. The lowest BCUT2D eigenvalue weighted by Crippen LogP contribution is -2.49. The summed E-state index contributed by atoms with van der Waals surface area (Å²) in [6, 6.07) is 6.61. The van der Waals surface area contributed by atoms with E-state index < -0.39 is 0 Å². The van der Waals surface area contributed by atoms with E-state index in [4.69, 9.17) is 0 Å². The van der Waals surface area contributed by atoms with Gasteiger partial charge in [0.15, 0.2) is 0 Å². The second-order valence-corrected chi connectivity index (χ2v) is 7.28. The van der Waals surface area contributed by atoms with Gasteiger partial charge < -0.3 is 9.80 Å². The molecule has 1 atom stereocenters. The standard InChI is InChI=1S/C17H23FN2OS/c18-15-3-5-16(6-4-15)19-7-9-20(10-8-19)17(21)12-14-2-1-11-22-13-14/h3-6,14H,1-2,7-13H2. The van der Waals surface area contributed by atoms with Crippen LogP contribution in [0.5, 0.6) is 0 Å². The average Bonchev–Trinajstić information content (AvgIpc) is 2.57. The largest absolute Gasteiger partial charge is 0.368 e. The number of rotatable bonds is 3. The third-order valence-corrected chi connectivity index (χ3v) is 5.83. The number of hydrogen-bond donors (Lipinski definition) is 0. The van der Waals surface area contributed by atoms with Gasteiger partial charge in [0.2, 0.25) is 5.91 Å². The molecule has 0 aromatic heterocycles. The Morgan fingerprint density at radius 1 is 1.18 bits per heavy atom. The highest BCUT2D eigenvalue weighted by molar-refractivity contribution is 7.99. The highest BCUT2D eigenvalue weighted by Gasteiger charge is 2.24. The molecule has 0 spiro atoms. The van der Waals surface area contributed by atoms with Crippen molar-refractivity contribution < 1.29 is 9.18 Å². The molecule has 2 heterocycles. The Hall–Kier alpha value is -1.23. The van der Waals surface area contributed by atoms with Gasteiger partial charge in [-0.25, -0.2) is 4.39 Å². The molecule has 0 saturated carbocycles. The van der Waals surface area contributed by atoms with Gasteiger partial charge in [-0.3, -0.25) is 4.79 Å². The Morgan fingerprint density at radius 3 is 2.55 bits per heavy atom. The van der Waals surface area contributed by atoms with Crippen molar-refractivity contribution >= 4 is 23.4 Å². The molecule has 3 rings (SSSR count). The zero-order chi connectivity index (χ0) is 15.4. The summed E-state index contributed by atoms with van der Waals surface area (Å²) in [6.45, 7) is 3.21. The lowest BCUT2D eigenvalue weighted by molar-refractivity contribution is -0.132. The zero-order valence-corrected chi connectivity index (χ0v) is 13.7. The molecule has 2 saturated heterocycles. The lowest BCUT2D eigenvalue weighted by atomic mass is 10.0. The molecule has 0 radical (unpaired) electrons. The van der Waals surface area contributed by atoms with Gasteiger partial charge in [-0.15, -0.1) is 0 Å². The summed E-state index contributed by atoms with van der Waals surface area (Å²) < 4.78 is 13.0. The van der Waals surface area contributed by atoms with Crippen molar-refractivity contribution in [3.05, 3.63) is 30.1 Å². The molecule has 1 aromatic rings. The zero-order valence-electron chi connectivity index (χ0n) is 12.8. The van der Waals surface area contributed by atoms with Gasteiger partial charge in [-0.05, 0) is 54.5 Å². The molecule has 1 unspecified atom stereocenters. The van der Waals surface area contributed by atoms with Crippen molar-refractivity contribution in [1.29, 1.82) is 0 Å². The van der Waals surface area contributed by atoms with Gasteiger partial charge in [0.25, 0.3) is 0 Å². The van der Waals surface area contributed by atoms with Crippen LogP contribution in [0.1, 0.15) is 19.3 Å². The predicted octanol–water partition coefficient (Wildman–Crippen LogP) is 3.01. The summed E-state index contributed by atoms with van der Waals surface area (Å²) in [4.78, 5) is 16.6. The average molecular weight is 322 g/mol. The van der Waals surface area contributed by atoms with Gasteiger partial charge in [0.1, 0.15) is 5.82 Å². The fraction of sp³-hybridized carbons (Fsp3) is 0.588. The number of thioether (sulfide) groups is 1. The summed E-state index contributed by atoms with van der Waals surface area (Å²) in [6.07, 6.45) is 3.17. The maximum absolute atomic E-state index is 13.0. The molecule has 0 aliphatic carbocycles. The number of halogens is 1. The summed E-state index contributed by atoms with van der Waals surface area (Å²) in [5.41, 5.74) is 1.04. The van der Waals surface area contributed by atoms with E-state index in [1.165, 1.54) is 30.7 Å². The number of hydrogen-bond acceptors (Lipinski definition) is 3. The molecule has 0 bridgehead atoms. The van der Waals surface area contributed by atoms with Crippen LogP contribution in [0.15, 0.2) is 24.3 Å². The minimum Gasteiger partial charge on any atom is -0.368 e. The van der Waals surface area contributed by atoms with Crippen molar-refractivity contribution in [2.24, 2.45) is 5.92 Å². The first kappa shape index (κ1) is 15.7. The Kier molecular flexibility index (Phi) is 5.24. The number of carbonyl (C=O) groups is 1. The first-order valence-electron chi connectivity index (χ1n) is 8.08. The highest BCUT2D eigenvalue weighted by atomic mass is 32.2. The van der Waals surface area contributed by atoms with Crippen LogP contribution in [0.2, 0.25) is 0 Å². The van der Waals surface area contributed by atoms with Crippen molar-refractivity contribution in [3.8, 4) is 0 Å². The maximum Gasteiger partial charge on any atom is 0.222 e. The minimum absolute atomic E-state index is 0.206. The van der Waals surface area contributed by atoms with Crippen molar-refractivity contribution in [1.82, 2.24) is 4.90 Å². The fourth-order valence-corrected chi connectivity index (χ4v) is 4.37. The van der Waals surface area contributed by atoms with Gasteiger partial charge in [0, 0.05) is 38.3 Å². The van der Waals surface area contributed by atoms with Crippen LogP contribution in [0.25, 0.3) is 0 Å². The first-order chi connectivity index (χ1) is 10.7. The van der Waals surface area contributed by atoms with Crippen molar-refractivity contribution in [3.63, 3.8) is 0 Å². The van der Waals surface area contributed by atoms with Crippen molar-refractivity contribution in [2.45, 2.75) is 19.3 Å². The molecular weight excluding hydrogens is 299 g/mol. The Bertz CT molecular complexity index is 494. The number of anilines is 1. The van der Waals surface area contributed by atoms with Gasteiger partial charge in [-0.1, -0.05) is 0 Å². The molecule has 1 amide bonds. The second-order valence-electron chi connectivity index (χ2n) is 6.13. The van der Waals surface area contributed by atoms with Gasteiger partial charge >= 0.3 is 0 Å². The second kappa shape index (κ2) is 7.36. The minimum atomic E-state index is -0.206. The van der Waals surface area contributed by atoms with Crippen LogP contribution in [0.3, 0.4) is 0 Å². The summed E-state index contributed by atoms with van der Waals surface area (Å²) in [7, 11) is 0. The molecule has 0 N–H and O–H groups in total. The Labute approximate surface area is 135 Å². The van der Waals surface area contributed by atoms with Crippen LogP contribution < -0.4 is 4.90 Å². The van der Waals surface area contributed by atoms with E-state index in [0.29, 0.717) is 18.2 Å². The van der Waals surface area contributed by atoms with Gasteiger partial charge in [-0.2, -0.15) is 11.8 Å². The Balaban J connectivity index is 1.48. The highest BCUT2D eigenvalue weighted by Crippen LogP contribution is 2.26. The lowest BCUT2D eigenvalue weighted by Gasteiger charge is -2.37. The molecule has 5 heteroatoms. The van der Waals surface area contributed by atoms with Crippen LogP contribution in [-0.4, -0.2) is 48.5 Å². The maximum atomic E-state index is 13.0. The molecule has 2 fully saturated rings. The van der Waals surface area contributed by atoms with E-state index in [1.807, 2.05) is 28.8 Å². The van der Waals surface area contributed by atoms with Crippen LogP contribution in [0, 0.1) is 11.7 Å². The molecular formula is C17H23FN2OS. The summed E-state index contributed by atoms with van der Waals surface area (Å²) in [5, 5.41) is 0. The number of amides is 1. The van der Waals surface area contributed by atoms with Crippen LogP contribution in [0.4, 0.5) is 10.1 Å². The molecule has 22 heavy (non-hydrogen) atoms. The third-order valence-electron chi connectivity index (χ3n) is 4.54. The summed E-state index contributed by atoms with van der Waals surface area (Å²) in [5.74, 6) is 3.07. The van der Waals surface area contributed by atoms with E-state index in [1.54, 1.807) is 0 Å². The molecule has 3 nitrogen and oxygen atoms in total. The molecule has 1 aromatic carbocycles. The molecule has 2 aliphatic rings. The fourth-order valence-electron chi connectivity index (χ4n) is 3.21. The van der Waals surface area contributed by atoms with E-state index in [9.17, 15) is 9.18 Å². The topological polar surface area (TPSA) is 23.6 Å². The summed E-state index contributed by atoms with van der Waals surface area (Å²) >= 11 is 1.98. The van der Waals surface area contributed by atoms with Crippen molar-refractivity contribution in [2.75, 3.05) is 42.6 Å². The number of nitrogens with zero attached hydrogens (tertiary/aromatic N) is 2. The first-order valence-corrected chi connectivity index (χ1v) is 9.24. The third kappa shape index (κ3) is 3.94. The predicted molar refractivity (Wildman–Crippen MR) is 89.9 cm³/mol. The monoisotopic (exact) mass is 322 g/mol. The smallest absolute Gasteiger partial charge is 0.222 e. The molecule has 2 aliphatic heterocycles. The number of carbonyl (C=O) groups excluding carboxylic acids is 1.